The lowest BCUT2D eigenvalue weighted by atomic mass is 10.2. The van der Waals surface area contributed by atoms with Crippen LogP contribution in [0.3, 0.4) is 0 Å². The van der Waals surface area contributed by atoms with Gasteiger partial charge in [0.05, 0.1) is 7.11 Å². The van der Waals surface area contributed by atoms with E-state index in [2.05, 4.69) is 4.98 Å². The van der Waals surface area contributed by atoms with E-state index in [9.17, 15) is 4.39 Å². The molecule has 3 rings (SSSR count). The zero-order valence-electron chi connectivity index (χ0n) is 12.1. The highest BCUT2D eigenvalue weighted by molar-refractivity contribution is 7.98. The average molecular weight is 314 g/mol. The lowest BCUT2D eigenvalue weighted by Crippen LogP contribution is -1.95. The number of hydrogen-bond donors (Lipinski definition) is 0. The van der Waals surface area contributed by atoms with Gasteiger partial charge in [0.2, 0.25) is 0 Å². The van der Waals surface area contributed by atoms with Crippen molar-refractivity contribution >= 4 is 11.8 Å². The van der Waals surface area contributed by atoms with Gasteiger partial charge in [-0.05, 0) is 42.0 Å². The first-order valence-corrected chi connectivity index (χ1v) is 7.80. The molecule has 0 saturated carbocycles. The van der Waals surface area contributed by atoms with Crippen LogP contribution in [0.5, 0.6) is 5.75 Å². The molecule has 0 radical (unpaired) electrons. The standard InChI is InChI=1S/C17H15FN2OS/c1-21-16-8-6-15(7-9-16)20-11-10-19-17(20)22-12-13-2-4-14(18)5-3-13/h2-11H,12H2,1H3. The molecule has 0 aliphatic carbocycles. The zero-order chi connectivity index (χ0) is 15.4. The van der Waals surface area contributed by atoms with Gasteiger partial charge in [-0.1, -0.05) is 23.9 Å². The van der Waals surface area contributed by atoms with Crippen molar-refractivity contribution in [2.24, 2.45) is 0 Å². The van der Waals surface area contributed by atoms with Gasteiger partial charge >= 0.3 is 0 Å². The van der Waals surface area contributed by atoms with E-state index >= 15 is 0 Å². The van der Waals surface area contributed by atoms with Crippen molar-refractivity contribution in [1.29, 1.82) is 0 Å². The van der Waals surface area contributed by atoms with Gasteiger partial charge in [0, 0.05) is 23.8 Å². The summed E-state index contributed by atoms with van der Waals surface area (Å²) in [7, 11) is 1.65. The maximum atomic E-state index is 12.9. The molecule has 5 heteroatoms. The van der Waals surface area contributed by atoms with Crippen LogP contribution >= 0.6 is 11.8 Å². The fraction of sp³-hybridized carbons (Fsp3) is 0.118. The Labute approximate surface area is 132 Å². The summed E-state index contributed by atoms with van der Waals surface area (Å²) >= 11 is 1.62. The van der Waals surface area contributed by atoms with Crippen molar-refractivity contribution in [3.63, 3.8) is 0 Å². The molecule has 2 aromatic carbocycles. The highest BCUT2D eigenvalue weighted by Gasteiger charge is 2.06. The van der Waals surface area contributed by atoms with Crippen molar-refractivity contribution in [3.8, 4) is 11.4 Å². The lowest BCUT2D eigenvalue weighted by molar-refractivity contribution is 0.414. The monoisotopic (exact) mass is 314 g/mol. The molecule has 3 nitrogen and oxygen atoms in total. The van der Waals surface area contributed by atoms with E-state index in [4.69, 9.17) is 4.74 Å². The number of nitrogens with zero attached hydrogens (tertiary/aromatic N) is 2. The number of ether oxygens (including phenoxy) is 1. The van der Waals surface area contributed by atoms with Crippen LogP contribution in [0.4, 0.5) is 4.39 Å². The number of aromatic nitrogens is 2. The van der Waals surface area contributed by atoms with Crippen LogP contribution in [0.2, 0.25) is 0 Å². The van der Waals surface area contributed by atoms with Crippen LogP contribution in [0.25, 0.3) is 5.69 Å². The Hall–Kier alpha value is -2.27. The highest BCUT2D eigenvalue weighted by Crippen LogP contribution is 2.25. The largest absolute Gasteiger partial charge is 0.497 e. The number of imidazole rings is 1. The van der Waals surface area contributed by atoms with Gasteiger partial charge in [-0.3, -0.25) is 4.57 Å². The molecular weight excluding hydrogens is 299 g/mol. The first-order valence-electron chi connectivity index (χ1n) is 6.81. The predicted octanol–water partition coefficient (Wildman–Crippen LogP) is 4.31. The first-order chi connectivity index (χ1) is 10.8. The normalized spacial score (nSPS) is 10.6. The Balaban J connectivity index is 1.75. The summed E-state index contributed by atoms with van der Waals surface area (Å²) in [4.78, 5) is 4.39. The Morgan fingerprint density at radius 2 is 1.82 bits per heavy atom. The second-order valence-electron chi connectivity index (χ2n) is 4.69. The number of methoxy groups -OCH3 is 1. The van der Waals surface area contributed by atoms with Crippen molar-refractivity contribution in [2.45, 2.75) is 10.9 Å². The molecule has 0 bridgehead atoms. The van der Waals surface area contributed by atoms with Crippen LogP contribution in [0.15, 0.2) is 66.1 Å². The molecule has 1 heterocycles. The minimum atomic E-state index is -0.214. The summed E-state index contributed by atoms with van der Waals surface area (Å²) in [5, 5.41) is 0.898. The maximum Gasteiger partial charge on any atom is 0.172 e. The Morgan fingerprint density at radius 3 is 2.50 bits per heavy atom. The first kappa shape index (κ1) is 14.7. The minimum absolute atomic E-state index is 0.214. The van der Waals surface area contributed by atoms with E-state index in [-0.39, 0.29) is 5.82 Å². The number of rotatable bonds is 5. The minimum Gasteiger partial charge on any atom is -0.497 e. The van der Waals surface area contributed by atoms with Crippen molar-refractivity contribution in [3.05, 3.63) is 72.3 Å². The second kappa shape index (κ2) is 6.66. The molecule has 0 fully saturated rings. The number of hydrogen-bond acceptors (Lipinski definition) is 3. The number of halogens is 1. The molecule has 112 valence electrons. The topological polar surface area (TPSA) is 27.1 Å². The SMILES string of the molecule is COc1ccc(-n2ccnc2SCc2ccc(F)cc2)cc1. The smallest absolute Gasteiger partial charge is 0.172 e. The van der Waals surface area contributed by atoms with Gasteiger partial charge in [0.25, 0.3) is 0 Å². The Kier molecular flexibility index (Phi) is 4.44. The van der Waals surface area contributed by atoms with Crippen molar-refractivity contribution in [2.75, 3.05) is 7.11 Å². The molecule has 0 spiro atoms. The maximum absolute atomic E-state index is 12.9. The molecule has 22 heavy (non-hydrogen) atoms. The third kappa shape index (κ3) is 3.31. The van der Waals surface area contributed by atoms with Crippen LogP contribution in [-0.4, -0.2) is 16.7 Å². The molecule has 1 aromatic heterocycles. The van der Waals surface area contributed by atoms with E-state index in [1.165, 1.54) is 12.1 Å². The van der Waals surface area contributed by atoms with E-state index < -0.39 is 0 Å². The predicted molar refractivity (Wildman–Crippen MR) is 86.1 cm³/mol. The van der Waals surface area contributed by atoms with Crippen LogP contribution < -0.4 is 4.74 Å². The van der Waals surface area contributed by atoms with Crippen molar-refractivity contribution < 1.29 is 9.13 Å². The van der Waals surface area contributed by atoms with Crippen LogP contribution in [0.1, 0.15) is 5.56 Å². The molecule has 0 amide bonds. The van der Waals surface area contributed by atoms with Gasteiger partial charge < -0.3 is 4.74 Å². The van der Waals surface area contributed by atoms with E-state index in [0.717, 1.165) is 27.9 Å². The number of thioether (sulfide) groups is 1. The fourth-order valence-corrected chi connectivity index (χ4v) is 2.99. The third-order valence-corrected chi connectivity index (χ3v) is 4.28. The summed E-state index contributed by atoms with van der Waals surface area (Å²) in [6, 6.07) is 14.4. The molecule has 0 atom stereocenters. The molecule has 0 aliphatic rings. The summed E-state index contributed by atoms with van der Waals surface area (Å²) in [6.45, 7) is 0. The van der Waals surface area contributed by atoms with Crippen molar-refractivity contribution in [1.82, 2.24) is 9.55 Å². The summed E-state index contributed by atoms with van der Waals surface area (Å²) in [6.07, 6.45) is 3.70. The summed E-state index contributed by atoms with van der Waals surface area (Å²) in [5.74, 6) is 1.35. The second-order valence-corrected chi connectivity index (χ2v) is 5.64. The van der Waals surface area contributed by atoms with Gasteiger partial charge in [0.1, 0.15) is 11.6 Å². The Bertz CT molecular complexity index is 738. The molecule has 0 aliphatic heterocycles. The molecular formula is C17H15FN2OS. The summed E-state index contributed by atoms with van der Waals surface area (Å²) < 4.78 is 20.1. The van der Waals surface area contributed by atoms with Gasteiger partial charge in [-0.25, -0.2) is 9.37 Å². The van der Waals surface area contributed by atoms with Crippen LogP contribution in [0, 0.1) is 5.82 Å². The van der Waals surface area contributed by atoms with Gasteiger partial charge in [-0.2, -0.15) is 0 Å². The molecule has 0 N–H and O–H groups in total. The third-order valence-electron chi connectivity index (χ3n) is 3.24. The molecule has 0 saturated heterocycles. The molecule has 0 unspecified atom stereocenters. The Morgan fingerprint density at radius 1 is 1.09 bits per heavy atom. The van der Waals surface area contributed by atoms with E-state index in [1.807, 2.05) is 35.0 Å². The van der Waals surface area contributed by atoms with E-state index in [0.29, 0.717) is 0 Å². The van der Waals surface area contributed by atoms with Crippen LogP contribution in [-0.2, 0) is 5.75 Å². The van der Waals surface area contributed by atoms with Gasteiger partial charge in [-0.15, -0.1) is 0 Å². The average Bonchev–Trinajstić information content (AvgIpc) is 3.03. The fourth-order valence-electron chi connectivity index (χ4n) is 2.06. The van der Waals surface area contributed by atoms with E-state index in [1.54, 1.807) is 37.2 Å². The summed E-state index contributed by atoms with van der Waals surface area (Å²) in [5.41, 5.74) is 2.09. The quantitative estimate of drug-likeness (QED) is 0.657. The zero-order valence-corrected chi connectivity index (χ0v) is 12.9. The number of benzene rings is 2. The van der Waals surface area contributed by atoms with Gasteiger partial charge in [0.15, 0.2) is 5.16 Å². The lowest BCUT2D eigenvalue weighted by Gasteiger charge is -2.08. The molecule has 3 aromatic rings. The highest BCUT2D eigenvalue weighted by atomic mass is 32.2.